The van der Waals surface area contributed by atoms with E-state index in [9.17, 15) is 9.59 Å². The molecule has 0 spiro atoms. The zero-order valence-electron chi connectivity index (χ0n) is 15.5. The molecule has 0 saturated heterocycles. The molecule has 3 rings (SSSR count). The van der Waals surface area contributed by atoms with Gasteiger partial charge in [0.25, 0.3) is 5.91 Å². The van der Waals surface area contributed by atoms with Gasteiger partial charge in [-0.2, -0.15) is 0 Å². The Hall–Kier alpha value is -3.02. The van der Waals surface area contributed by atoms with Crippen molar-refractivity contribution in [3.8, 4) is 5.75 Å². The number of rotatable bonds is 6. The first-order chi connectivity index (χ1) is 13.8. The molecule has 5 nitrogen and oxygen atoms in total. The van der Waals surface area contributed by atoms with Crippen LogP contribution in [0.1, 0.15) is 31.8 Å². The summed E-state index contributed by atoms with van der Waals surface area (Å²) in [6, 6.07) is 16.9. The van der Waals surface area contributed by atoms with Crippen molar-refractivity contribution in [1.29, 1.82) is 0 Å². The number of carbonyl (C=O) groups excluding carboxylic acids is 2. The summed E-state index contributed by atoms with van der Waals surface area (Å²) in [6.45, 7) is 2.00. The topological polar surface area (TPSA) is 81.4 Å². The van der Waals surface area contributed by atoms with Crippen molar-refractivity contribution in [2.45, 2.75) is 13.5 Å². The van der Waals surface area contributed by atoms with E-state index in [2.05, 4.69) is 5.32 Å². The summed E-state index contributed by atoms with van der Waals surface area (Å²) in [7, 11) is 0. The second-order valence-corrected chi connectivity index (χ2v) is 7.21. The molecule has 0 unspecified atom stereocenters. The molecule has 0 aliphatic heterocycles. The predicted molar refractivity (Wildman–Crippen MR) is 115 cm³/mol. The zero-order chi connectivity index (χ0) is 21.0. The number of hydrogen-bond acceptors (Lipinski definition) is 3. The summed E-state index contributed by atoms with van der Waals surface area (Å²) in [4.78, 5) is 24.3. The normalized spacial score (nSPS) is 10.4. The molecule has 0 saturated carbocycles. The first-order valence-corrected chi connectivity index (χ1v) is 9.48. The fourth-order valence-corrected chi connectivity index (χ4v) is 3.14. The number of hydrogen-bond donors (Lipinski definition) is 2. The van der Waals surface area contributed by atoms with Crippen LogP contribution in [0.2, 0.25) is 10.0 Å². The molecule has 0 atom stereocenters. The Labute approximate surface area is 178 Å². The van der Waals surface area contributed by atoms with E-state index in [0.29, 0.717) is 32.6 Å². The van der Waals surface area contributed by atoms with Crippen molar-refractivity contribution in [2.24, 2.45) is 5.73 Å². The van der Waals surface area contributed by atoms with Gasteiger partial charge in [0.1, 0.15) is 12.4 Å². The number of para-hydroxylation sites is 1. The molecule has 3 aromatic rings. The molecule has 0 aromatic heterocycles. The second-order valence-electron chi connectivity index (χ2n) is 6.37. The minimum Gasteiger partial charge on any atom is -0.488 e. The minimum atomic E-state index is -0.566. The number of primary amides is 1. The van der Waals surface area contributed by atoms with Gasteiger partial charge in [-0.15, -0.1) is 0 Å². The Morgan fingerprint density at radius 2 is 1.79 bits per heavy atom. The minimum absolute atomic E-state index is 0.177. The van der Waals surface area contributed by atoms with Crippen molar-refractivity contribution in [1.82, 2.24) is 0 Å². The van der Waals surface area contributed by atoms with Gasteiger partial charge >= 0.3 is 0 Å². The molecule has 2 amide bonds. The highest BCUT2D eigenvalue weighted by Crippen LogP contribution is 2.26. The van der Waals surface area contributed by atoms with Crippen molar-refractivity contribution in [2.75, 3.05) is 5.32 Å². The number of amides is 2. The number of anilines is 1. The van der Waals surface area contributed by atoms with Gasteiger partial charge in [-0.1, -0.05) is 47.5 Å². The molecule has 0 aliphatic rings. The summed E-state index contributed by atoms with van der Waals surface area (Å²) in [5.41, 5.74) is 8.03. The fourth-order valence-electron chi connectivity index (χ4n) is 2.67. The van der Waals surface area contributed by atoms with Gasteiger partial charge in [0.2, 0.25) is 5.91 Å². The molecule has 29 heavy (non-hydrogen) atoms. The average Bonchev–Trinajstić information content (AvgIpc) is 2.69. The highest BCUT2D eigenvalue weighted by Gasteiger charge is 2.15. The van der Waals surface area contributed by atoms with Crippen LogP contribution in [-0.2, 0) is 6.61 Å². The third-order valence-corrected chi connectivity index (χ3v) is 4.89. The lowest BCUT2D eigenvalue weighted by Gasteiger charge is -2.14. The van der Waals surface area contributed by atoms with Crippen LogP contribution >= 0.6 is 23.2 Å². The van der Waals surface area contributed by atoms with Crippen LogP contribution in [-0.4, -0.2) is 11.8 Å². The number of nitrogens with one attached hydrogen (secondary N) is 1. The van der Waals surface area contributed by atoms with Gasteiger partial charge in [0.15, 0.2) is 0 Å². The van der Waals surface area contributed by atoms with Gasteiger partial charge in [-0.05, 0) is 48.9 Å². The van der Waals surface area contributed by atoms with Crippen LogP contribution < -0.4 is 15.8 Å². The Kier molecular flexibility index (Phi) is 6.42. The maximum absolute atomic E-state index is 12.8. The Balaban J connectivity index is 1.80. The van der Waals surface area contributed by atoms with E-state index in [-0.39, 0.29) is 12.5 Å². The lowest BCUT2D eigenvalue weighted by Crippen LogP contribution is -2.16. The van der Waals surface area contributed by atoms with E-state index < -0.39 is 5.91 Å². The summed E-state index contributed by atoms with van der Waals surface area (Å²) in [5, 5.41) is 3.83. The number of ether oxygens (including phenoxy) is 1. The van der Waals surface area contributed by atoms with Gasteiger partial charge in [0, 0.05) is 26.9 Å². The summed E-state index contributed by atoms with van der Waals surface area (Å²) >= 11 is 12.1. The van der Waals surface area contributed by atoms with Crippen molar-refractivity contribution in [3.63, 3.8) is 0 Å². The van der Waals surface area contributed by atoms with Gasteiger partial charge in [-0.25, -0.2) is 0 Å². The number of benzene rings is 3. The fraction of sp³-hybridized carbons (Fsp3) is 0.0909. The quantitative estimate of drug-likeness (QED) is 0.563. The first kappa shape index (κ1) is 20.7. The zero-order valence-corrected chi connectivity index (χ0v) is 17.1. The Morgan fingerprint density at radius 1 is 1.03 bits per heavy atom. The molecular weight excluding hydrogens is 411 g/mol. The summed E-state index contributed by atoms with van der Waals surface area (Å²) in [5.74, 6) is -0.531. The first-order valence-electron chi connectivity index (χ1n) is 8.72. The molecule has 7 heteroatoms. The molecule has 0 heterocycles. The molecule has 148 valence electrons. The number of carbonyl (C=O) groups is 2. The maximum Gasteiger partial charge on any atom is 0.259 e. The molecule has 3 aromatic carbocycles. The van der Waals surface area contributed by atoms with Crippen LogP contribution in [0.4, 0.5) is 5.69 Å². The smallest absolute Gasteiger partial charge is 0.259 e. The molecular formula is C22H18Cl2N2O3. The van der Waals surface area contributed by atoms with Crippen LogP contribution in [0.3, 0.4) is 0 Å². The molecule has 0 fully saturated rings. The maximum atomic E-state index is 12.8. The van der Waals surface area contributed by atoms with Crippen molar-refractivity contribution >= 4 is 40.7 Å². The van der Waals surface area contributed by atoms with Gasteiger partial charge < -0.3 is 15.8 Å². The summed E-state index contributed by atoms with van der Waals surface area (Å²) < 4.78 is 5.83. The van der Waals surface area contributed by atoms with Crippen LogP contribution in [0, 0.1) is 6.92 Å². The van der Waals surface area contributed by atoms with Crippen molar-refractivity contribution in [3.05, 3.63) is 93.0 Å². The van der Waals surface area contributed by atoms with Crippen LogP contribution in [0.5, 0.6) is 5.75 Å². The average molecular weight is 429 g/mol. The van der Waals surface area contributed by atoms with Gasteiger partial charge in [-0.3, -0.25) is 9.59 Å². The Bertz CT molecular complexity index is 1080. The monoisotopic (exact) mass is 428 g/mol. The van der Waals surface area contributed by atoms with Crippen molar-refractivity contribution < 1.29 is 14.3 Å². The van der Waals surface area contributed by atoms with E-state index >= 15 is 0 Å². The highest BCUT2D eigenvalue weighted by atomic mass is 35.5. The summed E-state index contributed by atoms with van der Waals surface area (Å²) in [6.07, 6.45) is 0. The Morgan fingerprint density at radius 3 is 2.52 bits per heavy atom. The largest absolute Gasteiger partial charge is 0.488 e. The molecule has 3 N–H and O–H groups in total. The lowest BCUT2D eigenvalue weighted by molar-refractivity contribution is 0.0995. The molecule has 0 radical (unpaired) electrons. The van der Waals surface area contributed by atoms with E-state index in [1.165, 1.54) is 0 Å². The third-order valence-electron chi connectivity index (χ3n) is 4.30. The third kappa shape index (κ3) is 5.08. The van der Waals surface area contributed by atoms with E-state index in [1.54, 1.807) is 60.7 Å². The van der Waals surface area contributed by atoms with E-state index in [1.807, 2.05) is 6.92 Å². The van der Waals surface area contributed by atoms with Gasteiger partial charge in [0.05, 0.1) is 5.56 Å². The van der Waals surface area contributed by atoms with Crippen LogP contribution in [0.25, 0.3) is 0 Å². The van der Waals surface area contributed by atoms with Crippen LogP contribution in [0.15, 0.2) is 60.7 Å². The second kappa shape index (κ2) is 8.99. The number of aryl methyl sites for hydroxylation is 1. The number of halogens is 2. The SMILES string of the molecule is Cc1ccc(C(N)=O)cc1NC(=O)c1ccccc1OCc1ccc(Cl)cc1Cl. The van der Waals surface area contributed by atoms with E-state index in [4.69, 9.17) is 33.7 Å². The predicted octanol–water partition coefficient (Wildman–Crippen LogP) is 5.23. The lowest BCUT2D eigenvalue weighted by atomic mass is 10.1. The standard InChI is InChI=1S/C22H18Cl2N2O3/c1-13-6-7-14(21(25)27)10-19(13)26-22(28)17-4-2-3-5-20(17)29-12-15-8-9-16(23)11-18(15)24/h2-11H,12H2,1H3,(H2,25,27)(H,26,28). The number of nitrogens with two attached hydrogens (primary N) is 1. The highest BCUT2D eigenvalue weighted by molar-refractivity contribution is 6.35. The van der Waals surface area contributed by atoms with E-state index in [0.717, 1.165) is 11.1 Å². The molecule has 0 aliphatic carbocycles. The molecule has 0 bridgehead atoms.